The minimum Gasteiger partial charge on any atom is -0.486 e. The molecule has 0 bridgehead atoms. The number of benzene rings is 1. The van der Waals surface area contributed by atoms with E-state index < -0.39 is 5.60 Å². The molecule has 0 unspecified atom stereocenters. The fraction of sp³-hybridized carbons (Fsp3) is 0.643. The number of rotatable bonds is 1. The lowest BCUT2D eigenvalue weighted by Gasteiger charge is -2.38. The van der Waals surface area contributed by atoms with Gasteiger partial charge in [0, 0.05) is 29.4 Å². The molecule has 2 aliphatic carbocycles. The minimum atomic E-state index is -0.590. The summed E-state index contributed by atoms with van der Waals surface area (Å²) in [5.41, 5.74) is 5.25. The summed E-state index contributed by atoms with van der Waals surface area (Å²) in [6, 6.07) is 2.21. The van der Waals surface area contributed by atoms with Gasteiger partial charge in [0.2, 0.25) is 0 Å². The number of carbonyl (C=O) groups excluding carboxylic acids is 2. The van der Waals surface area contributed by atoms with Gasteiger partial charge in [0.15, 0.2) is 6.10 Å². The van der Waals surface area contributed by atoms with Crippen molar-refractivity contribution in [2.45, 2.75) is 102 Å². The zero-order valence-electron chi connectivity index (χ0n) is 20.3. The van der Waals surface area contributed by atoms with Crippen LogP contribution in [0.2, 0.25) is 0 Å². The van der Waals surface area contributed by atoms with Gasteiger partial charge in [-0.3, -0.25) is 4.79 Å². The Kier molecular flexibility index (Phi) is 4.11. The SMILES string of the molecule is CC1=C[C@H]([C@H]2Oc3cc4c(c5c3[C@H](CC5)[C@@H]2C)CC[C@H]2C(C)(C)O[C@@H]3CC(=O)O[C@@]32C4)OC1=O. The van der Waals surface area contributed by atoms with Gasteiger partial charge in [0.1, 0.15) is 23.6 Å². The van der Waals surface area contributed by atoms with Crippen molar-refractivity contribution < 1.29 is 28.5 Å². The monoisotopic (exact) mass is 464 g/mol. The molecule has 0 N–H and O–H groups in total. The Bertz CT molecular complexity index is 1160. The zero-order chi connectivity index (χ0) is 23.6. The van der Waals surface area contributed by atoms with Crippen LogP contribution in [0.1, 0.15) is 75.1 Å². The van der Waals surface area contributed by atoms with Crippen LogP contribution in [-0.2, 0) is 43.1 Å². The van der Waals surface area contributed by atoms with Crippen LogP contribution < -0.4 is 4.74 Å². The third kappa shape index (κ3) is 2.61. The van der Waals surface area contributed by atoms with Crippen LogP contribution in [0, 0.1) is 11.8 Å². The molecule has 7 rings (SSSR count). The normalized spacial score (nSPS) is 40.9. The summed E-state index contributed by atoms with van der Waals surface area (Å²) in [7, 11) is 0. The van der Waals surface area contributed by atoms with E-state index in [2.05, 4.69) is 26.8 Å². The fourth-order valence-corrected chi connectivity index (χ4v) is 8.20. The van der Waals surface area contributed by atoms with Crippen LogP contribution in [0.25, 0.3) is 0 Å². The maximum atomic E-state index is 12.4. The first kappa shape index (κ1) is 21.0. The maximum absolute atomic E-state index is 12.4. The van der Waals surface area contributed by atoms with Crippen molar-refractivity contribution in [3.05, 3.63) is 40.0 Å². The second kappa shape index (κ2) is 6.66. The summed E-state index contributed by atoms with van der Waals surface area (Å²) in [6.07, 6.45) is 6.30. The number of carbonyl (C=O) groups is 2. The van der Waals surface area contributed by atoms with Crippen molar-refractivity contribution in [3.8, 4) is 5.75 Å². The Morgan fingerprint density at radius 3 is 2.62 bits per heavy atom. The first-order chi connectivity index (χ1) is 16.2. The summed E-state index contributed by atoms with van der Waals surface area (Å²) in [4.78, 5) is 24.5. The molecular weight excluding hydrogens is 432 g/mol. The van der Waals surface area contributed by atoms with E-state index >= 15 is 0 Å². The molecule has 4 heterocycles. The van der Waals surface area contributed by atoms with E-state index in [-0.39, 0.29) is 47.7 Å². The van der Waals surface area contributed by atoms with Gasteiger partial charge in [-0.25, -0.2) is 4.79 Å². The Balaban J connectivity index is 1.31. The molecule has 1 spiro atoms. The number of ether oxygens (including phenoxy) is 4. The van der Waals surface area contributed by atoms with Crippen LogP contribution in [0.5, 0.6) is 5.75 Å². The lowest BCUT2D eigenvalue weighted by Crippen LogP contribution is -2.46. The Morgan fingerprint density at radius 1 is 1.06 bits per heavy atom. The summed E-state index contributed by atoms with van der Waals surface area (Å²) in [6.45, 7) is 8.34. The fourth-order valence-electron chi connectivity index (χ4n) is 8.20. The lowest BCUT2D eigenvalue weighted by molar-refractivity contribution is -0.153. The second-order valence-corrected chi connectivity index (χ2v) is 11.8. The van der Waals surface area contributed by atoms with Crippen LogP contribution in [0.3, 0.4) is 0 Å². The topological polar surface area (TPSA) is 71.1 Å². The van der Waals surface area contributed by atoms with Gasteiger partial charge < -0.3 is 18.9 Å². The van der Waals surface area contributed by atoms with Crippen molar-refractivity contribution in [2.75, 3.05) is 0 Å². The highest BCUT2D eigenvalue weighted by Crippen LogP contribution is 2.58. The molecule has 0 radical (unpaired) electrons. The van der Waals surface area contributed by atoms with Gasteiger partial charge in [0.05, 0.1) is 12.0 Å². The second-order valence-electron chi connectivity index (χ2n) is 11.8. The molecule has 0 aromatic heterocycles. The molecule has 4 aliphatic heterocycles. The summed E-state index contributed by atoms with van der Waals surface area (Å²) in [5, 5.41) is 0. The molecule has 0 amide bonds. The van der Waals surface area contributed by atoms with Crippen molar-refractivity contribution >= 4 is 11.9 Å². The van der Waals surface area contributed by atoms with Crippen LogP contribution in [0.4, 0.5) is 0 Å². The van der Waals surface area contributed by atoms with Crippen LogP contribution in [-0.4, -0.2) is 41.5 Å². The largest absolute Gasteiger partial charge is 0.486 e. The molecule has 7 atom stereocenters. The molecule has 0 saturated carbocycles. The molecule has 34 heavy (non-hydrogen) atoms. The van der Waals surface area contributed by atoms with Crippen LogP contribution >= 0.6 is 0 Å². The standard InChI is InChI=1S/C28H32O6/c1-13-9-20(32-26(13)30)25-14(2)16-5-6-18-17-7-8-21-27(3,4)33-22-11-23(29)34-28(21,22)12-15(17)10-19(31-25)24(16)18/h9-10,14,16,20-22,25H,5-8,11-12H2,1-4H3/t14-,16+,20+,21-,22+,25-,28+/m0/s1. The third-order valence-corrected chi connectivity index (χ3v) is 9.67. The molecule has 180 valence electrons. The molecule has 1 aromatic rings. The van der Waals surface area contributed by atoms with Crippen molar-refractivity contribution in [1.82, 2.24) is 0 Å². The third-order valence-electron chi connectivity index (χ3n) is 9.67. The van der Waals surface area contributed by atoms with E-state index in [0.717, 1.165) is 31.4 Å². The minimum absolute atomic E-state index is 0.146. The average Bonchev–Trinajstić information content (AvgIpc) is 3.43. The summed E-state index contributed by atoms with van der Waals surface area (Å²) >= 11 is 0. The Labute approximate surface area is 200 Å². The van der Waals surface area contributed by atoms with E-state index in [4.69, 9.17) is 18.9 Å². The van der Waals surface area contributed by atoms with Gasteiger partial charge in [-0.15, -0.1) is 0 Å². The van der Waals surface area contributed by atoms with E-state index in [9.17, 15) is 9.59 Å². The smallest absolute Gasteiger partial charge is 0.334 e. The van der Waals surface area contributed by atoms with Crippen molar-refractivity contribution in [3.63, 3.8) is 0 Å². The van der Waals surface area contributed by atoms with E-state index in [1.54, 1.807) is 6.92 Å². The predicted molar refractivity (Wildman–Crippen MR) is 123 cm³/mol. The molecule has 1 aromatic carbocycles. The number of hydrogen-bond acceptors (Lipinski definition) is 6. The lowest BCUT2D eigenvalue weighted by atomic mass is 9.74. The molecule has 6 aliphatic rings. The van der Waals surface area contributed by atoms with Crippen molar-refractivity contribution in [2.24, 2.45) is 11.8 Å². The van der Waals surface area contributed by atoms with Crippen LogP contribution in [0.15, 0.2) is 17.7 Å². The Morgan fingerprint density at radius 2 is 1.85 bits per heavy atom. The maximum Gasteiger partial charge on any atom is 0.334 e. The number of cyclic esters (lactones) is 1. The van der Waals surface area contributed by atoms with Crippen molar-refractivity contribution in [1.29, 1.82) is 0 Å². The van der Waals surface area contributed by atoms with E-state index in [1.807, 2.05) is 6.08 Å². The summed E-state index contributed by atoms with van der Waals surface area (Å²) < 4.78 is 24.9. The number of hydrogen-bond donors (Lipinski definition) is 0. The average molecular weight is 465 g/mol. The number of esters is 2. The van der Waals surface area contributed by atoms with Gasteiger partial charge >= 0.3 is 11.9 Å². The highest BCUT2D eigenvalue weighted by Gasteiger charge is 2.66. The number of fused-ring (bicyclic) bond motifs is 2. The first-order valence-electron chi connectivity index (χ1n) is 12.8. The molecule has 2 saturated heterocycles. The van der Waals surface area contributed by atoms with Gasteiger partial charge in [-0.2, -0.15) is 0 Å². The Hall–Kier alpha value is -2.34. The molecule has 6 nitrogen and oxygen atoms in total. The highest BCUT2D eigenvalue weighted by atomic mass is 16.6. The first-order valence-corrected chi connectivity index (χ1v) is 12.8. The molecule has 2 fully saturated rings. The predicted octanol–water partition coefficient (Wildman–Crippen LogP) is 3.95. The molecular formula is C28H32O6. The van der Waals surface area contributed by atoms with E-state index in [1.165, 1.54) is 22.3 Å². The van der Waals surface area contributed by atoms with E-state index in [0.29, 0.717) is 24.3 Å². The van der Waals surface area contributed by atoms with Gasteiger partial charge in [-0.1, -0.05) is 6.92 Å². The van der Waals surface area contributed by atoms with Gasteiger partial charge in [-0.05, 0) is 81.2 Å². The highest BCUT2D eigenvalue weighted by molar-refractivity contribution is 5.90. The summed E-state index contributed by atoms with van der Waals surface area (Å²) in [5.74, 6) is 1.39. The quantitative estimate of drug-likeness (QED) is 0.586. The van der Waals surface area contributed by atoms with Gasteiger partial charge in [0.25, 0.3) is 0 Å². The zero-order valence-corrected chi connectivity index (χ0v) is 20.3. The molecule has 6 heteroatoms.